The molecular weight excluding hydrogens is 196 g/mol. The van der Waals surface area contributed by atoms with Crippen molar-refractivity contribution in [2.45, 2.75) is 0 Å². The number of hydrogen-bond acceptors (Lipinski definition) is 2. The third-order valence-corrected chi connectivity index (χ3v) is 0.725. The van der Waals surface area contributed by atoms with Crippen molar-refractivity contribution in [3.63, 3.8) is 0 Å². The van der Waals surface area contributed by atoms with Gasteiger partial charge in [0.1, 0.15) is 6.33 Å². The topological polar surface area (TPSA) is 55.1 Å². The SMILES string of the molecule is O=C(O)n1ccnc1.[Sr]. The molecule has 0 fully saturated rings. The van der Waals surface area contributed by atoms with Crippen LogP contribution in [0.2, 0.25) is 0 Å². The maximum atomic E-state index is 9.98. The Balaban J connectivity index is 0.000000640. The second-order valence-corrected chi connectivity index (χ2v) is 1.25. The summed E-state index contributed by atoms with van der Waals surface area (Å²) in [5, 5.41) is 8.20. The Kier molecular flexibility index (Phi) is 4.13. The van der Waals surface area contributed by atoms with E-state index in [2.05, 4.69) is 4.98 Å². The summed E-state index contributed by atoms with van der Waals surface area (Å²) in [5.74, 6) is 0. The Bertz CT molecular complexity index is 184. The molecule has 0 aliphatic carbocycles. The molecule has 1 N–H and O–H groups in total. The van der Waals surface area contributed by atoms with Crippen LogP contribution in [-0.4, -0.2) is 66.2 Å². The molecule has 1 aromatic rings. The van der Waals surface area contributed by atoms with Gasteiger partial charge in [-0.25, -0.2) is 14.3 Å². The molecule has 1 rings (SSSR count). The van der Waals surface area contributed by atoms with Crippen molar-refractivity contribution in [3.8, 4) is 0 Å². The first-order valence-corrected chi connectivity index (χ1v) is 2.02. The van der Waals surface area contributed by atoms with E-state index in [4.69, 9.17) is 5.11 Å². The molecule has 0 spiro atoms. The molecule has 44 valence electrons. The van der Waals surface area contributed by atoms with Crippen molar-refractivity contribution < 1.29 is 9.90 Å². The Morgan fingerprint density at radius 2 is 2.33 bits per heavy atom. The van der Waals surface area contributed by atoms with E-state index in [1.54, 1.807) is 0 Å². The summed E-state index contributed by atoms with van der Waals surface area (Å²) in [4.78, 5) is 13.5. The molecule has 0 saturated heterocycles. The third-order valence-electron chi connectivity index (χ3n) is 0.725. The molecule has 0 aliphatic rings. The van der Waals surface area contributed by atoms with E-state index in [1.165, 1.54) is 18.7 Å². The van der Waals surface area contributed by atoms with E-state index in [-0.39, 0.29) is 45.5 Å². The Morgan fingerprint density at radius 1 is 1.67 bits per heavy atom. The molecule has 0 aromatic carbocycles. The first kappa shape index (κ1) is 9.16. The molecule has 0 amide bonds. The fourth-order valence-electron chi connectivity index (χ4n) is 0.372. The van der Waals surface area contributed by atoms with Crippen LogP contribution >= 0.6 is 0 Å². The van der Waals surface area contributed by atoms with Crippen molar-refractivity contribution in [1.29, 1.82) is 0 Å². The van der Waals surface area contributed by atoms with E-state index < -0.39 is 6.09 Å². The van der Waals surface area contributed by atoms with Crippen molar-refractivity contribution >= 4 is 51.6 Å². The van der Waals surface area contributed by atoms with E-state index in [1.807, 2.05) is 0 Å². The van der Waals surface area contributed by atoms with Gasteiger partial charge in [0, 0.05) is 57.9 Å². The number of carboxylic acid groups (broad SMARTS) is 1. The number of rotatable bonds is 0. The van der Waals surface area contributed by atoms with E-state index >= 15 is 0 Å². The quantitative estimate of drug-likeness (QED) is 0.600. The van der Waals surface area contributed by atoms with E-state index in [9.17, 15) is 4.79 Å². The monoisotopic (exact) mass is 200 g/mol. The van der Waals surface area contributed by atoms with Gasteiger partial charge in [0.05, 0.1) is 0 Å². The average Bonchev–Trinajstić information content (AvgIpc) is 2.12. The molecule has 1 heterocycles. The number of nitrogens with zero attached hydrogens (tertiary/aromatic N) is 2. The molecule has 2 radical (unpaired) electrons. The van der Waals surface area contributed by atoms with Crippen molar-refractivity contribution in [3.05, 3.63) is 18.7 Å². The van der Waals surface area contributed by atoms with Crippen molar-refractivity contribution in [2.75, 3.05) is 0 Å². The summed E-state index contributed by atoms with van der Waals surface area (Å²) >= 11 is 0. The predicted molar refractivity (Wildman–Crippen MR) is 31.4 cm³/mol. The Hall–Kier alpha value is 0.161. The summed E-state index contributed by atoms with van der Waals surface area (Å²) in [6.45, 7) is 0. The van der Waals surface area contributed by atoms with Crippen LogP contribution in [0.1, 0.15) is 0 Å². The van der Waals surface area contributed by atoms with Gasteiger partial charge in [0.25, 0.3) is 0 Å². The summed E-state index contributed by atoms with van der Waals surface area (Å²) in [5.41, 5.74) is 0. The standard InChI is InChI=1S/C4H4N2O2.Sr/c7-4(8)6-2-1-5-3-6;/h1-3H,(H,7,8);. The van der Waals surface area contributed by atoms with Gasteiger partial charge in [-0.05, 0) is 0 Å². The van der Waals surface area contributed by atoms with E-state index in [0.29, 0.717) is 0 Å². The molecule has 0 bridgehead atoms. The van der Waals surface area contributed by atoms with Gasteiger partial charge in [-0.15, -0.1) is 0 Å². The summed E-state index contributed by atoms with van der Waals surface area (Å²) in [6.07, 6.45) is 2.99. The van der Waals surface area contributed by atoms with Gasteiger partial charge in [-0.3, -0.25) is 0 Å². The van der Waals surface area contributed by atoms with Crippen LogP contribution in [0.15, 0.2) is 18.7 Å². The number of imidazole rings is 1. The van der Waals surface area contributed by atoms with Gasteiger partial charge in [0.2, 0.25) is 0 Å². The zero-order valence-electron chi connectivity index (χ0n) is 4.69. The largest absolute Gasteiger partial charge is 0.464 e. The van der Waals surface area contributed by atoms with E-state index in [0.717, 1.165) is 4.57 Å². The van der Waals surface area contributed by atoms with Crippen LogP contribution < -0.4 is 0 Å². The molecule has 0 atom stereocenters. The maximum Gasteiger partial charge on any atom is 0.416 e. The molecule has 5 heteroatoms. The maximum absolute atomic E-state index is 9.98. The summed E-state index contributed by atoms with van der Waals surface area (Å²) in [7, 11) is 0. The molecule has 9 heavy (non-hydrogen) atoms. The first-order chi connectivity index (χ1) is 3.80. The fraction of sp³-hybridized carbons (Fsp3) is 0. The molecule has 0 aliphatic heterocycles. The van der Waals surface area contributed by atoms with Crippen LogP contribution in [0.25, 0.3) is 0 Å². The minimum Gasteiger partial charge on any atom is -0.464 e. The number of aromatic nitrogens is 2. The van der Waals surface area contributed by atoms with Crippen LogP contribution in [-0.2, 0) is 0 Å². The number of hydrogen-bond donors (Lipinski definition) is 1. The van der Waals surface area contributed by atoms with Crippen LogP contribution in [0, 0.1) is 0 Å². The van der Waals surface area contributed by atoms with Crippen LogP contribution in [0.5, 0.6) is 0 Å². The number of carbonyl (C=O) groups is 1. The summed E-state index contributed by atoms with van der Waals surface area (Å²) in [6, 6.07) is 0. The van der Waals surface area contributed by atoms with Gasteiger partial charge in [0.15, 0.2) is 0 Å². The van der Waals surface area contributed by atoms with Crippen molar-refractivity contribution in [1.82, 2.24) is 9.55 Å². The molecular formula is C4H4N2O2Sr. The van der Waals surface area contributed by atoms with Crippen LogP contribution in [0.3, 0.4) is 0 Å². The van der Waals surface area contributed by atoms with Crippen molar-refractivity contribution in [2.24, 2.45) is 0 Å². The Labute approximate surface area is 88.8 Å². The van der Waals surface area contributed by atoms with Crippen LogP contribution in [0.4, 0.5) is 4.79 Å². The zero-order chi connectivity index (χ0) is 5.98. The minimum absolute atomic E-state index is 0. The second kappa shape index (κ2) is 4.05. The van der Waals surface area contributed by atoms with Gasteiger partial charge in [-0.2, -0.15) is 0 Å². The predicted octanol–water partition coefficient (Wildman–Crippen LogP) is 0.0284. The minimum atomic E-state index is -1.01. The van der Waals surface area contributed by atoms with Gasteiger partial charge in [-0.1, -0.05) is 0 Å². The normalized spacial score (nSPS) is 8.00. The Morgan fingerprint density at radius 3 is 2.56 bits per heavy atom. The third kappa shape index (κ3) is 2.49. The van der Waals surface area contributed by atoms with Gasteiger partial charge >= 0.3 is 6.09 Å². The average molecular weight is 200 g/mol. The molecule has 0 saturated carbocycles. The smallest absolute Gasteiger partial charge is 0.416 e. The first-order valence-electron chi connectivity index (χ1n) is 2.02. The van der Waals surface area contributed by atoms with Gasteiger partial charge < -0.3 is 5.11 Å². The molecule has 1 aromatic heterocycles. The second-order valence-electron chi connectivity index (χ2n) is 1.25. The molecule has 0 unspecified atom stereocenters. The zero-order valence-corrected chi connectivity index (χ0v) is 8.17. The fourth-order valence-corrected chi connectivity index (χ4v) is 0.372. The summed E-state index contributed by atoms with van der Waals surface area (Å²) < 4.78 is 0.972. The molecule has 4 nitrogen and oxygen atoms in total.